The maximum absolute atomic E-state index is 12.1. The van der Waals surface area contributed by atoms with Crippen LogP contribution in [0.1, 0.15) is 20.8 Å². The number of aromatic carboxylic acids is 1. The molecule has 5 nitrogen and oxygen atoms in total. The molecule has 1 heterocycles. The molecule has 2 rings (SSSR count). The summed E-state index contributed by atoms with van der Waals surface area (Å²) in [5.41, 5.74) is -0.106. The molecule has 20 heavy (non-hydrogen) atoms. The third-order valence-electron chi connectivity index (χ3n) is 2.45. The molecule has 2 aromatic rings. The summed E-state index contributed by atoms with van der Waals surface area (Å²) in [5.74, 6) is -1.91. The monoisotopic (exact) mass is 310 g/mol. The van der Waals surface area contributed by atoms with E-state index in [9.17, 15) is 9.59 Å². The molecule has 0 atom stereocenters. The predicted octanol–water partition coefficient (Wildman–Crippen LogP) is 3.34. The summed E-state index contributed by atoms with van der Waals surface area (Å²) < 4.78 is 0. The quantitative estimate of drug-likeness (QED) is 0.911. The van der Waals surface area contributed by atoms with Crippen molar-refractivity contribution in [3.05, 3.63) is 57.8 Å². The minimum absolute atomic E-state index is 0.176. The molecule has 0 aliphatic rings. The van der Waals surface area contributed by atoms with Gasteiger partial charge in [-0.3, -0.25) is 9.78 Å². The smallest absolute Gasteiger partial charge is 0.338 e. The number of pyridine rings is 1. The zero-order valence-electron chi connectivity index (χ0n) is 9.93. The number of hydrogen-bond acceptors (Lipinski definition) is 3. The van der Waals surface area contributed by atoms with Crippen molar-refractivity contribution < 1.29 is 14.7 Å². The van der Waals surface area contributed by atoms with Crippen molar-refractivity contribution >= 4 is 40.8 Å². The molecule has 102 valence electrons. The lowest BCUT2D eigenvalue weighted by Gasteiger charge is -2.09. The Kier molecular flexibility index (Phi) is 4.22. The van der Waals surface area contributed by atoms with Gasteiger partial charge in [0.2, 0.25) is 0 Å². The van der Waals surface area contributed by atoms with Crippen LogP contribution in [-0.2, 0) is 0 Å². The van der Waals surface area contributed by atoms with E-state index in [0.717, 1.165) is 0 Å². The third kappa shape index (κ3) is 2.89. The van der Waals surface area contributed by atoms with Gasteiger partial charge < -0.3 is 10.4 Å². The fraction of sp³-hybridized carbons (Fsp3) is 0. The molecule has 0 aliphatic carbocycles. The van der Waals surface area contributed by atoms with Crippen molar-refractivity contribution in [2.75, 3.05) is 5.32 Å². The molecular weight excluding hydrogens is 303 g/mol. The summed E-state index contributed by atoms with van der Waals surface area (Å²) in [4.78, 5) is 26.9. The van der Waals surface area contributed by atoms with E-state index in [4.69, 9.17) is 28.3 Å². The van der Waals surface area contributed by atoms with E-state index in [1.165, 1.54) is 18.3 Å². The van der Waals surface area contributed by atoms with Crippen LogP contribution in [0.4, 0.5) is 5.69 Å². The van der Waals surface area contributed by atoms with E-state index in [2.05, 4.69) is 10.3 Å². The van der Waals surface area contributed by atoms with E-state index >= 15 is 0 Å². The van der Waals surface area contributed by atoms with E-state index in [-0.39, 0.29) is 27.0 Å². The van der Waals surface area contributed by atoms with Crippen LogP contribution in [0.2, 0.25) is 10.0 Å². The van der Waals surface area contributed by atoms with Gasteiger partial charge in [-0.05, 0) is 24.3 Å². The standard InChI is InChI=1S/C13H8Cl2N2O3/c14-8-4-1-5-9(10(8)15)17-12(18)11-7(13(19)20)3-2-6-16-11/h1-6H,(H,17,18)(H,19,20). The third-order valence-corrected chi connectivity index (χ3v) is 3.27. The molecule has 0 saturated carbocycles. The lowest BCUT2D eigenvalue weighted by molar-refractivity contribution is 0.0691. The molecular formula is C13H8Cl2N2O3. The van der Waals surface area contributed by atoms with E-state index in [1.807, 2.05) is 0 Å². The first kappa shape index (κ1) is 14.3. The summed E-state index contributed by atoms with van der Waals surface area (Å²) in [6, 6.07) is 7.47. The molecule has 7 heteroatoms. The number of anilines is 1. The van der Waals surface area contributed by atoms with Gasteiger partial charge in [0.05, 0.1) is 21.3 Å². The molecule has 0 aliphatic heterocycles. The molecule has 1 aromatic heterocycles. The highest BCUT2D eigenvalue weighted by Gasteiger charge is 2.18. The second kappa shape index (κ2) is 5.90. The Morgan fingerprint density at radius 2 is 1.90 bits per heavy atom. The van der Waals surface area contributed by atoms with Crippen LogP contribution in [0, 0.1) is 0 Å². The summed E-state index contributed by atoms with van der Waals surface area (Å²) >= 11 is 11.8. The van der Waals surface area contributed by atoms with E-state index < -0.39 is 11.9 Å². The van der Waals surface area contributed by atoms with Gasteiger partial charge >= 0.3 is 5.97 Å². The number of nitrogens with zero attached hydrogens (tertiary/aromatic N) is 1. The molecule has 0 fully saturated rings. The van der Waals surface area contributed by atoms with Crippen LogP contribution in [0.15, 0.2) is 36.5 Å². The normalized spacial score (nSPS) is 10.1. The average molecular weight is 311 g/mol. The van der Waals surface area contributed by atoms with Crippen molar-refractivity contribution in [1.29, 1.82) is 0 Å². The number of halogens is 2. The summed E-state index contributed by atoms with van der Waals surface area (Å²) in [5, 5.41) is 12.0. The first-order chi connectivity index (χ1) is 9.50. The average Bonchev–Trinajstić information content (AvgIpc) is 2.43. The second-order valence-electron chi connectivity index (χ2n) is 3.76. The van der Waals surface area contributed by atoms with Gasteiger partial charge in [-0.1, -0.05) is 29.3 Å². The highest BCUT2D eigenvalue weighted by atomic mass is 35.5. The second-order valence-corrected chi connectivity index (χ2v) is 4.55. The first-order valence-corrected chi connectivity index (χ1v) is 6.20. The van der Waals surface area contributed by atoms with Crippen LogP contribution in [0.5, 0.6) is 0 Å². The highest BCUT2D eigenvalue weighted by Crippen LogP contribution is 2.29. The largest absolute Gasteiger partial charge is 0.478 e. The highest BCUT2D eigenvalue weighted by molar-refractivity contribution is 6.44. The van der Waals surface area contributed by atoms with Crippen LogP contribution < -0.4 is 5.32 Å². The lowest BCUT2D eigenvalue weighted by Crippen LogP contribution is -2.18. The Bertz CT molecular complexity index is 689. The zero-order valence-corrected chi connectivity index (χ0v) is 11.4. The Labute approximate surface area is 124 Å². The van der Waals surface area contributed by atoms with Gasteiger partial charge in [-0.25, -0.2) is 4.79 Å². The first-order valence-electron chi connectivity index (χ1n) is 5.44. The lowest BCUT2D eigenvalue weighted by atomic mass is 10.2. The van der Waals surface area contributed by atoms with Crippen molar-refractivity contribution in [3.63, 3.8) is 0 Å². The predicted molar refractivity (Wildman–Crippen MR) is 75.6 cm³/mol. The van der Waals surface area contributed by atoms with Gasteiger partial charge in [-0.15, -0.1) is 0 Å². The number of amides is 1. The SMILES string of the molecule is O=C(O)c1cccnc1C(=O)Nc1cccc(Cl)c1Cl. The van der Waals surface area contributed by atoms with Crippen molar-refractivity contribution in [3.8, 4) is 0 Å². The minimum atomic E-state index is -1.24. The van der Waals surface area contributed by atoms with Crippen molar-refractivity contribution in [2.24, 2.45) is 0 Å². The number of rotatable bonds is 3. The van der Waals surface area contributed by atoms with Crippen LogP contribution in [0.3, 0.4) is 0 Å². The van der Waals surface area contributed by atoms with Crippen LogP contribution >= 0.6 is 23.2 Å². The van der Waals surface area contributed by atoms with Gasteiger partial charge in [0, 0.05) is 6.20 Å². The van der Waals surface area contributed by atoms with Gasteiger partial charge in [0.1, 0.15) is 5.69 Å². The van der Waals surface area contributed by atoms with Gasteiger partial charge in [0.25, 0.3) is 5.91 Å². The maximum Gasteiger partial charge on any atom is 0.338 e. The number of carboxylic acids is 1. The van der Waals surface area contributed by atoms with E-state index in [0.29, 0.717) is 0 Å². The maximum atomic E-state index is 12.1. The molecule has 2 N–H and O–H groups in total. The van der Waals surface area contributed by atoms with Crippen molar-refractivity contribution in [2.45, 2.75) is 0 Å². The Balaban J connectivity index is 2.34. The summed E-state index contributed by atoms with van der Waals surface area (Å²) in [6.45, 7) is 0. The fourth-order valence-electron chi connectivity index (χ4n) is 1.54. The van der Waals surface area contributed by atoms with Crippen molar-refractivity contribution in [1.82, 2.24) is 4.98 Å². The minimum Gasteiger partial charge on any atom is -0.478 e. The molecule has 1 amide bonds. The molecule has 1 aromatic carbocycles. The number of carbonyl (C=O) groups excluding carboxylic acids is 1. The molecule has 0 saturated heterocycles. The number of nitrogens with one attached hydrogen (secondary N) is 1. The molecule has 0 unspecified atom stereocenters. The topological polar surface area (TPSA) is 79.3 Å². The molecule has 0 spiro atoms. The van der Waals surface area contributed by atoms with E-state index in [1.54, 1.807) is 18.2 Å². The Morgan fingerprint density at radius 3 is 2.60 bits per heavy atom. The van der Waals surface area contributed by atoms with Gasteiger partial charge in [-0.2, -0.15) is 0 Å². The van der Waals surface area contributed by atoms with Crippen LogP contribution in [0.25, 0.3) is 0 Å². The summed E-state index contributed by atoms with van der Waals surface area (Å²) in [7, 11) is 0. The van der Waals surface area contributed by atoms with Crippen LogP contribution in [-0.4, -0.2) is 22.0 Å². The molecule has 0 radical (unpaired) electrons. The number of carboxylic acid groups (broad SMARTS) is 1. The molecule has 0 bridgehead atoms. The number of hydrogen-bond donors (Lipinski definition) is 2. The Hall–Kier alpha value is -2.11. The fourth-order valence-corrected chi connectivity index (χ4v) is 1.89. The zero-order chi connectivity index (χ0) is 14.7. The number of carbonyl (C=O) groups is 2. The number of aromatic nitrogens is 1. The summed E-state index contributed by atoms with van der Waals surface area (Å²) in [6.07, 6.45) is 1.33. The van der Waals surface area contributed by atoms with Gasteiger partial charge in [0.15, 0.2) is 0 Å². The number of benzene rings is 1. The Morgan fingerprint density at radius 1 is 1.15 bits per heavy atom.